The molecular weight excluding hydrogens is 434 g/mol. The number of carbonyl (C=O) groups is 1. The van der Waals surface area contributed by atoms with Crippen LogP contribution in [-0.2, 0) is 19.6 Å². The van der Waals surface area contributed by atoms with Crippen molar-refractivity contribution in [2.45, 2.75) is 11.8 Å². The minimum absolute atomic E-state index is 0.0624. The van der Waals surface area contributed by atoms with Gasteiger partial charge in [0.15, 0.2) is 0 Å². The third-order valence-corrected chi connectivity index (χ3v) is 5.77. The van der Waals surface area contributed by atoms with E-state index in [1.54, 1.807) is 49.4 Å². The predicted octanol–water partition coefficient (Wildman–Crippen LogP) is 3.77. The lowest BCUT2D eigenvalue weighted by atomic mass is 10.3. The van der Waals surface area contributed by atoms with Crippen LogP contribution in [0.5, 0.6) is 5.75 Å². The number of anilines is 1. The van der Waals surface area contributed by atoms with Crippen LogP contribution >= 0.6 is 15.9 Å². The van der Waals surface area contributed by atoms with Crippen molar-refractivity contribution < 1.29 is 22.7 Å². The molecule has 0 aliphatic carbocycles. The summed E-state index contributed by atoms with van der Waals surface area (Å²) in [5.41, 5.74) is 0.299. The van der Waals surface area contributed by atoms with Gasteiger partial charge in [0, 0.05) is 10.5 Å². The molecule has 0 bridgehead atoms. The molecular formula is C19H20BrNO5S. The van der Waals surface area contributed by atoms with E-state index in [0.717, 1.165) is 8.78 Å². The minimum atomic E-state index is -3.99. The first kappa shape index (κ1) is 21.0. The van der Waals surface area contributed by atoms with E-state index in [0.29, 0.717) is 11.4 Å². The Labute approximate surface area is 167 Å². The number of sulfonamides is 1. The van der Waals surface area contributed by atoms with Crippen molar-refractivity contribution >= 4 is 37.6 Å². The van der Waals surface area contributed by atoms with Gasteiger partial charge < -0.3 is 9.47 Å². The maximum atomic E-state index is 13.2. The van der Waals surface area contributed by atoms with Gasteiger partial charge in [-0.2, -0.15) is 0 Å². The van der Waals surface area contributed by atoms with E-state index in [9.17, 15) is 13.2 Å². The molecule has 2 aromatic rings. The number of hydrogen-bond acceptors (Lipinski definition) is 5. The second kappa shape index (κ2) is 9.57. The second-order valence-corrected chi connectivity index (χ2v) is 8.15. The van der Waals surface area contributed by atoms with Crippen molar-refractivity contribution in [3.63, 3.8) is 0 Å². The fraction of sp³-hybridized carbons (Fsp3) is 0.211. The summed E-state index contributed by atoms with van der Waals surface area (Å²) in [5.74, 6) is -0.178. The van der Waals surface area contributed by atoms with E-state index in [1.807, 2.05) is 0 Å². The summed E-state index contributed by atoms with van der Waals surface area (Å²) < 4.78 is 38.5. The van der Waals surface area contributed by atoms with Crippen LogP contribution < -0.4 is 9.04 Å². The SMILES string of the molecule is C=CCOc1cccc(N(CC(=O)OCC)S(=O)(=O)c2ccc(Br)cc2)c1. The second-order valence-electron chi connectivity index (χ2n) is 5.37. The molecule has 2 rings (SSSR count). The van der Waals surface area contributed by atoms with Gasteiger partial charge in [-0.3, -0.25) is 9.10 Å². The lowest BCUT2D eigenvalue weighted by molar-refractivity contribution is -0.141. The fourth-order valence-electron chi connectivity index (χ4n) is 2.26. The van der Waals surface area contributed by atoms with Crippen LogP contribution in [0.4, 0.5) is 5.69 Å². The molecule has 144 valence electrons. The number of rotatable bonds is 9. The molecule has 0 unspecified atom stereocenters. The Balaban J connectivity index is 2.46. The summed E-state index contributed by atoms with van der Waals surface area (Å²) in [7, 11) is -3.99. The van der Waals surface area contributed by atoms with Gasteiger partial charge >= 0.3 is 5.97 Å². The van der Waals surface area contributed by atoms with Crippen molar-refractivity contribution in [2.75, 3.05) is 24.1 Å². The van der Waals surface area contributed by atoms with E-state index in [2.05, 4.69) is 22.5 Å². The zero-order valence-corrected chi connectivity index (χ0v) is 17.2. The number of halogens is 1. The largest absolute Gasteiger partial charge is 0.489 e. The van der Waals surface area contributed by atoms with Crippen LogP contribution in [0, 0.1) is 0 Å². The van der Waals surface area contributed by atoms with E-state index in [4.69, 9.17) is 9.47 Å². The molecule has 0 aliphatic rings. The molecule has 0 N–H and O–H groups in total. The third kappa shape index (κ3) is 5.58. The molecule has 0 radical (unpaired) electrons. The van der Waals surface area contributed by atoms with Gasteiger partial charge in [-0.1, -0.05) is 34.7 Å². The molecule has 0 aromatic heterocycles. The van der Waals surface area contributed by atoms with Crippen LogP contribution in [0.2, 0.25) is 0 Å². The van der Waals surface area contributed by atoms with Gasteiger partial charge in [0.05, 0.1) is 17.2 Å². The maximum Gasteiger partial charge on any atom is 0.326 e. The molecule has 8 heteroatoms. The Morgan fingerprint density at radius 1 is 1.22 bits per heavy atom. The van der Waals surface area contributed by atoms with E-state index < -0.39 is 22.5 Å². The predicted molar refractivity (Wildman–Crippen MR) is 107 cm³/mol. The molecule has 6 nitrogen and oxygen atoms in total. The zero-order valence-electron chi connectivity index (χ0n) is 14.8. The quantitative estimate of drug-likeness (QED) is 0.426. The molecule has 2 aromatic carbocycles. The van der Waals surface area contributed by atoms with Crippen LogP contribution in [0.1, 0.15) is 6.92 Å². The van der Waals surface area contributed by atoms with Gasteiger partial charge in [0.1, 0.15) is 18.9 Å². The third-order valence-electron chi connectivity index (χ3n) is 3.45. The van der Waals surface area contributed by atoms with Crippen LogP contribution in [0.25, 0.3) is 0 Å². The average Bonchev–Trinajstić information content (AvgIpc) is 2.65. The van der Waals surface area contributed by atoms with Crippen molar-refractivity contribution in [3.8, 4) is 5.75 Å². The number of ether oxygens (including phenoxy) is 2. The van der Waals surface area contributed by atoms with E-state index >= 15 is 0 Å². The molecule has 0 fully saturated rings. The number of carbonyl (C=O) groups excluding carboxylic acids is 1. The molecule has 0 saturated carbocycles. The number of hydrogen-bond donors (Lipinski definition) is 0. The first-order valence-corrected chi connectivity index (χ1v) is 10.4. The highest BCUT2D eigenvalue weighted by molar-refractivity contribution is 9.10. The Bertz CT molecular complexity index is 897. The van der Waals surface area contributed by atoms with Gasteiger partial charge in [-0.15, -0.1) is 0 Å². The molecule has 0 saturated heterocycles. The van der Waals surface area contributed by atoms with Gasteiger partial charge in [-0.05, 0) is 43.3 Å². The van der Waals surface area contributed by atoms with Crippen LogP contribution in [0.3, 0.4) is 0 Å². The number of esters is 1. The normalized spacial score (nSPS) is 10.9. The van der Waals surface area contributed by atoms with Crippen molar-refractivity contribution in [3.05, 3.63) is 65.7 Å². The Hall–Kier alpha value is -2.32. The molecule has 0 spiro atoms. The summed E-state index contributed by atoms with van der Waals surface area (Å²) in [5, 5.41) is 0. The smallest absolute Gasteiger partial charge is 0.326 e. The lowest BCUT2D eigenvalue weighted by Crippen LogP contribution is -2.36. The van der Waals surface area contributed by atoms with E-state index in [1.165, 1.54) is 12.1 Å². The summed E-state index contributed by atoms with van der Waals surface area (Å²) in [6, 6.07) is 12.7. The monoisotopic (exact) mass is 453 g/mol. The van der Waals surface area contributed by atoms with Crippen LogP contribution in [-0.4, -0.2) is 34.1 Å². The lowest BCUT2D eigenvalue weighted by Gasteiger charge is -2.24. The number of benzene rings is 2. The molecule has 0 aliphatic heterocycles. The highest BCUT2D eigenvalue weighted by atomic mass is 79.9. The van der Waals surface area contributed by atoms with E-state index in [-0.39, 0.29) is 18.1 Å². The van der Waals surface area contributed by atoms with Gasteiger partial charge in [0.25, 0.3) is 10.0 Å². The van der Waals surface area contributed by atoms with Crippen LogP contribution in [0.15, 0.2) is 70.6 Å². The molecule has 0 amide bonds. The van der Waals surface area contributed by atoms with Crippen molar-refractivity contribution in [1.29, 1.82) is 0 Å². The first-order chi connectivity index (χ1) is 12.9. The highest BCUT2D eigenvalue weighted by Crippen LogP contribution is 2.27. The summed E-state index contributed by atoms with van der Waals surface area (Å²) in [4.78, 5) is 12.1. The van der Waals surface area contributed by atoms with Crippen molar-refractivity contribution in [2.24, 2.45) is 0 Å². The highest BCUT2D eigenvalue weighted by Gasteiger charge is 2.28. The maximum absolute atomic E-state index is 13.2. The zero-order chi connectivity index (χ0) is 19.9. The molecule has 27 heavy (non-hydrogen) atoms. The molecule has 0 heterocycles. The van der Waals surface area contributed by atoms with Crippen molar-refractivity contribution in [1.82, 2.24) is 0 Å². The summed E-state index contributed by atoms with van der Waals surface area (Å²) in [6.07, 6.45) is 1.58. The first-order valence-electron chi connectivity index (χ1n) is 8.16. The number of nitrogens with zero attached hydrogens (tertiary/aromatic N) is 1. The Morgan fingerprint density at radius 3 is 2.56 bits per heavy atom. The summed E-state index contributed by atoms with van der Waals surface area (Å²) in [6.45, 7) is 5.24. The Kier molecular flexibility index (Phi) is 7.44. The van der Waals surface area contributed by atoms with Gasteiger partial charge in [-0.25, -0.2) is 8.42 Å². The summed E-state index contributed by atoms with van der Waals surface area (Å²) >= 11 is 3.28. The Morgan fingerprint density at radius 2 is 1.93 bits per heavy atom. The average molecular weight is 454 g/mol. The molecule has 0 atom stereocenters. The fourth-order valence-corrected chi connectivity index (χ4v) is 3.92. The minimum Gasteiger partial charge on any atom is -0.489 e. The topological polar surface area (TPSA) is 72.9 Å². The standard InChI is InChI=1S/C19H20BrNO5S/c1-3-12-26-17-7-5-6-16(13-17)21(14-19(22)25-4-2)27(23,24)18-10-8-15(20)9-11-18/h3,5-11,13H,1,4,12,14H2,2H3. The van der Waals surface area contributed by atoms with Gasteiger partial charge in [0.2, 0.25) is 0 Å².